The SMILES string of the molecule is Nc1ccnc(N2CCCC(Cc3ccc(F)cc3)(C(=O)O)C2)n1. The van der Waals surface area contributed by atoms with Gasteiger partial charge in [0.1, 0.15) is 11.6 Å². The first kappa shape index (κ1) is 16.2. The number of benzene rings is 1. The van der Waals surface area contributed by atoms with Gasteiger partial charge in [-0.1, -0.05) is 12.1 Å². The number of anilines is 2. The van der Waals surface area contributed by atoms with E-state index in [4.69, 9.17) is 5.73 Å². The van der Waals surface area contributed by atoms with Crippen molar-refractivity contribution in [3.05, 3.63) is 47.9 Å². The molecule has 1 aromatic carbocycles. The van der Waals surface area contributed by atoms with E-state index in [-0.39, 0.29) is 5.82 Å². The lowest BCUT2D eigenvalue weighted by molar-refractivity contribution is -0.149. The van der Waals surface area contributed by atoms with Gasteiger partial charge in [-0.3, -0.25) is 4.79 Å². The minimum atomic E-state index is -0.954. The summed E-state index contributed by atoms with van der Waals surface area (Å²) in [6.45, 7) is 0.977. The van der Waals surface area contributed by atoms with Gasteiger partial charge in [-0.05, 0) is 43.0 Å². The molecule has 0 spiro atoms. The molecule has 0 saturated carbocycles. The van der Waals surface area contributed by atoms with E-state index in [9.17, 15) is 14.3 Å². The molecule has 6 nitrogen and oxygen atoms in total. The second kappa shape index (κ2) is 6.43. The maximum absolute atomic E-state index is 13.1. The molecule has 3 rings (SSSR count). The number of carboxylic acid groups (broad SMARTS) is 1. The van der Waals surface area contributed by atoms with Crippen molar-refractivity contribution in [1.29, 1.82) is 0 Å². The lowest BCUT2D eigenvalue weighted by Gasteiger charge is -2.40. The molecular formula is C17H19FN4O2. The van der Waals surface area contributed by atoms with E-state index >= 15 is 0 Å². The number of halogens is 1. The van der Waals surface area contributed by atoms with Gasteiger partial charge in [0.15, 0.2) is 0 Å². The molecule has 7 heteroatoms. The predicted octanol–water partition coefficient (Wildman–Crippen LogP) is 2.11. The molecule has 0 bridgehead atoms. The Hall–Kier alpha value is -2.70. The number of rotatable bonds is 4. The summed E-state index contributed by atoms with van der Waals surface area (Å²) in [6.07, 6.45) is 3.17. The van der Waals surface area contributed by atoms with Gasteiger partial charge in [0.05, 0.1) is 5.41 Å². The van der Waals surface area contributed by atoms with Crippen LogP contribution in [0.2, 0.25) is 0 Å². The Balaban J connectivity index is 1.86. The highest BCUT2D eigenvalue weighted by molar-refractivity contribution is 5.76. The van der Waals surface area contributed by atoms with E-state index < -0.39 is 11.4 Å². The van der Waals surface area contributed by atoms with Gasteiger partial charge in [-0.2, -0.15) is 4.98 Å². The number of nitrogens with zero attached hydrogens (tertiary/aromatic N) is 3. The molecule has 1 fully saturated rings. The molecule has 0 radical (unpaired) electrons. The molecule has 1 aliphatic rings. The van der Waals surface area contributed by atoms with Crippen LogP contribution in [0.15, 0.2) is 36.5 Å². The van der Waals surface area contributed by atoms with Gasteiger partial charge in [-0.25, -0.2) is 9.37 Å². The first-order chi connectivity index (χ1) is 11.5. The Bertz CT molecular complexity index is 738. The maximum atomic E-state index is 13.1. The predicted molar refractivity (Wildman–Crippen MR) is 88.1 cm³/mol. The fourth-order valence-corrected chi connectivity index (χ4v) is 3.20. The minimum Gasteiger partial charge on any atom is -0.481 e. The Morgan fingerprint density at radius 3 is 2.75 bits per heavy atom. The lowest BCUT2D eigenvalue weighted by Crippen LogP contribution is -2.49. The number of carbonyl (C=O) groups is 1. The van der Waals surface area contributed by atoms with E-state index in [0.29, 0.717) is 44.1 Å². The van der Waals surface area contributed by atoms with Crippen LogP contribution in [0.3, 0.4) is 0 Å². The fraction of sp³-hybridized carbons (Fsp3) is 0.353. The average molecular weight is 330 g/mol. The van der Waals surface area contributed by atoms with Crippen molar-refractivity contribution in [1.82, 2.24) is 9.97 Å². The van der Waals surface area contributed by atoms with Crippen LogP contribution < -0.4 is 10.6 Å². The third-order valence-electron chi connectivity index (χ3n) is 4.43. The van der Waals surface area contributed by atoms with Gasteiger partial charge < -0.3 is 15.7 Å². The van der Waals surface area contributed by atoms with Crippen molar-refractivity contribution in [3.63, 3.8) is 0 Å². The highest BCUT2D eigenvalue weighted by Gasteiger charge is 2.43. The number of hydrogen-bond donors (Lipinski definition) is 2. The first-order valence-corrected chi connectivity index (χ1v) is 7.80. The Morgan fingerprint density at radius 1 is 1.33 bits per heavy atom. The van der Waals surface area contributed by atoms with Crippen molar-refractivity contribution in [3.8, 4) is 0 Å². The molecule has 24 heavy (non-hydrogen) atoms. The molecule has 2 aromatic rings. The van der Waals surface area contributed by atoms with Crippen LogP contribution in [-0.2, 0) is 11.2 Å². The molecule has 1 aliphatic heterocycles. The summed E-state index contributed by atoms with van der Waals surface area (Å²) < 4.78 is 13.1. The zero-order chi connectivity index (χ0) is 17.2. The maximum Gasteiger partial charge on any atom is 0.311 e. The van der Waals surface area contributed by atoms with Gasteiger partial charge in [0.2, 0.25) is 5.95 Å². The minimum absolute atomic E-state index is 0.295. The zero-order valence-electron chi connectivity index (χ0n) is 13.2. The number of hydrogen-bond acceptors (Lipinski definition) is 5. The summed E-state index contributed by atoms with van der Waals surface area (Å²) >= 11 is 0. The number of aromatic nitrogens is 2. The molecule has 1 saturated heterocycles. The van der Waals surface area contributed by atoms with Gasteiger partial charge in [0, 0.05) is 19.3 Å². The number of carboxylic acids is 1. The highest BCUT2D eigenvalue weighted by Crippen LogP contribution is 2.35. The number of nitrogen functional groups attached to an aromatic ring is 1. The molecular weight excluding hydrogens is 311 g/mol. The first-order valence-electron chi connectivity index (χ1n) is 7.80. The Labute approximate surface area is 139 Å². The normalized spacial score (nSPS) is 20.8. The second-order valence-electron chi connectivity index (χ2n) is 6.20. The van der Waals surface area contributed by atoms with Crippen molar-refractivity contribution < 1.29 is 14.3 Å². The Morgan fingerprint density at radius 2 is 2.08 bits per heavy atom. The molecule has 1 unspecified atom stereocenters. The molecule has 126 valence electrons. The van der Waals surface area contributed by atoms with Crippen molar-refractivity contribution in [2.45, 2.75) is 19.3 Å². The fourth-order valence-electron chi connectivity index (χ4n) is 3.20. The number of nitrogens with two attached hydrogens (primary N) is 1. The molecule has 1 atom stereocenters. The summed E-state index contributed by atoms with van der Waals surface area (Å²) in [5, 5.41) is 9.86. The molecule has 0 amide bonds. The van der Waals surface area contributed by atoms with Crippen LogP contribution in [0.5, 0.6) is 0 Å². The van der Waals surface area contributed by atoms with Crippen LogP contribution in [0.4, 0.5) is 16.2 Å². The summed E-state index contributed by atoms with van der Waals surface area (Å²) in [7, 11) is 0. The molecule has 2 heterocycles. The number of aliphatic carboxylic acids is 1. The molecule has 1 aromatic heterocycles. The van der Waals surface area contributed by atoms with E-state index in [2.05, 4.69) is 9.97 Å². The smallest absolute Gasteiger partial charge is 0.311 e. The monoisotopic (exact) mass is 330 g/mol. The zero-order valence-corrected chi connectivity index (χ0v) is 13.2. The molecule has 3 N–H and O–H groups in total. The summed E-state index contributed by atoms with van der Waals surface area (Å²) in [5.41, 5.74) is 5.55. The van der Waals surface area contributed by atoms with Gasteiger partial charge in [-0.15, -0.1) is 0 Å². The summed E-state index contributed by atoms with van der Waals surface area (Å²) in [6, 6.07) is 7.57. The third kappa shape index (κ3) is 3.29. The lowest BCUT2D eigenvalue weighted by atomic mass is 9.75. The topological polar surface area (TPSA) is 92.3 Å². The van der Waals surface area contributed by atoms with Gasteiger partial charge in [0.25, 0.3) is 0 Å². The van der Waals surface area contributed by atoms with Gasteiger partial charge >= 0.3 is 5.97 Å². The second-order valence-corrected chi connectivity index (χ2v) is 6.20. The average Bonchev–Trinajstić information content (AvgIpc) is 2.57. The van der Waals surface area contributed by atoms with Crippen LogP contribution in [0, 0.1) is 11.2 Å². The summed E-state index contributed by atoms with van der Waals surface area (Å²) in [4.78, 5) is 22.3. The van der Waals surface area contributed by atoms with E-state index in [1.807, 2.05) is 4.90 Å². The number of piperidine rings is 1. The van der Waals surface area contributed by atoms with Crippen molar-refractivity contribution in [2.24, 2.45) is 5.41 Å². The highest BCUT2D eigenvalue weighted by atomic mass is 19.1. The standard InChI is InChI=1S/C17H19FN4O2/c18-13-4-2-12(3-5-13)10-17(15(23)24)7-1-9-22(11-17)16-20-8-6-14(19)21-16/h2-6,8H,1,7,9-11H2,(H,23,24)(H2,19,20,21). The van der Waals surface area contributed by atoms with Crippen molar-refractivity contribution in [2.75, 3.05) is 23.7 Å². The molecule has 0 aliphatic carbocycles. The largest absolute Gasteiger partial charge is 0.481 e. The van der Waals surface area contributed by atoms with E-state index in [1.54, 1.807) is 24.4 Å². The van der Waals surface area contributed by atoms with E-state index in [0.717, 1.165) is 5.56 Å². The van der Waals surface area contributed by atoms with Crippen LogP contribution in [0.25, 0.3) is 0 Å². The van der Waals surface area contributed by atoms with Crippen LogP contribution in [-0.4, -0.2) is 34.1 Å². The van der Waals surface area contributed by atoms with Crippen LogP contribution >= 0.6 is 0 Å². The van der Waals surface area contributed by atoms with Crippen molar-refractivity contribution >= 4 is 17.7 Å². The third-order valence-corrected chi connectivity index (χ3v) is 4.43. The van der Waals surface area contributed by atoms with E-state index in [1.165, 1.54) is 12.1 Å². The van der Waals surface area contributed by atoms with Crippen LogP contribution in [0.1, 0.15) is 18.4 Å². The quantitative estimate of drug-likeness (QED) is 0.892. The Kier molecular flexibility index (Phi) is 4.33. The summed E-state index contributed by atoms with van der Waals surface area (Å²) in [5.74, 6) is -0.397.